The molecule has 2 N–H and O–H groups in total. The maximum atomic E-state index is 12.9. The Morgan fingerprint density at radius 2 is 1.52 bits per heavy atom. The molecule has 0 aliphatic carbocycles. The average molecular weight is 595 g/mol. The van der Waals surface area contributed by atoms with Gasteiger partial charge in [-0.05, 0) is 93.4 Å². The molecule has 3 aliphatic rings. The van der Waals surface area contributed by atoms with Gasteiger partial charge in [-0.1, -0.05) is 0 Å². The Bertz CT molecular complexity index is 1510. The summed E-state index contributed by atoms with van der Waals surface area (Å²) in [7, 11) is 0. The molecule has 0 unspecified atom stereocenters. The number of aromatic nitrogens is 4. The second kappa shape index (κ2) is 12.9. The zero-order chi connectivity index (χ0) is 29.7. The van der Waals surface area contributed by atoms with E-state index in [2.05, 4.69) is 64.8 Å². The summed E-state index contributed by atoms with van der Waals surface area (Å²) in [6.45, 7) is 7.34. The van der Waals surface area contributed by atoms with Gasteiger partial charge in [0, 0.05) is 74.1 Å². The Hall–Kier alpha value is -4.71. The molecule has 12 nitrogen and oxygen atoms in total. The predicted octanol–water partition coefficient (Wildman–Crippen LogP) is 4.69. The van der Waals surface area contributed by atoms with Crippen LogP contribution < -0.4 is 20.4 Å². The van der Waals surface area contributed by atoms with Crippen molar-refractivity contribution in [3.05, 3.63) is 67.2 Å². The second-order valence-corrected chi connectivity index (χ2v) is 11.6. The molecule has 5 heterocycles. The Morgan fingerprint density at radius 1 is 0.795 bits per heavy atom. The number of rotatable bonds is 7. The van der Waals surface area contributed by atoms with Crippen molar-refractivity contribution in [1.29, 1.82) is 0 Å². The summed E-state index contributed by atoms with van der Waals surface area (Å²) >= 11 is 0. The molecule has 7 rings (SSSR count). The molecule has 0 saturated carbocycles. The van der Waals surface area contributed by atoms with Gasteiger partial charge in [-0.25, -0.2) is 9.78 Å². The minimum absolute atomic E-state index is 0.125. The number of urea groups is 1. The summed E-state index contributed by atoms with van der Waals surface area (Å²) in [6, 6.07) is 18.5. The van der Waals surface area contributed by atoms with Crippen molar-refractivity contribution < 1.29 is 9.21 Å². The first-order chi connectivity index (χ1) is 21.7. The van der Waals surface area contributed by atoms with Gasteiger partial charge in [0.2, 0.25) is 18.2 Å². The molecule has 12 heteroatoms. The fourth-order valence-electron chi connectivity index (χ4n) is 6.40. The fourth-order valence-corrected chi connectivity index (χ4v) is 6.40. The summed E-state index contributed by atoms with van der Waals surface area (Å²) < 4.78 is 5.22. The van der Waals surface area contributed by atoms with E-state index in [9.17, 15) is 4.79 Å². The van der Waals surface area contributed by atoms with Gasteiger partial charge in [0.1, 0.15) is 5.82 Å². The van der Waals surface area contributed by atoms with Crippen molar-refractivity contribution >= 4 is 34.9 Å². The Labute approximate surface area is 257 Å². The van der Waals surface area contributed by atoms with Crippen LogP contribution in [0.1, 0.15) is 25.7 Å². The monoisotopic (exact) mass is 594 g/mol. The molecule has 0 radical (unpaired) electrons. The quantitative estimate of drug-likeness (QED) is 0.312. The number of hydrogen-bond donors (Lipinski definition) is 2. The van der Waals surface area contributed by atoms with E-state index in [0.29, 0.717) is 43.7 Å². The van der Waals surface area contributed by atoms with Crippen LogP contribution in [0.4, 0.5) is 33.6 Å². The highest BCUT2D eigenvalue weighted by Crippen LogP contribution is 2.27. The summed E-state index contributed by atoms with van der Waals surface area (Å²) in [6.07, 6.45) is 8.28. The van der Waals surface area contributed by atoms with E-state index in [1.807, 2.05) is 35.2 Å². The zero-order valence-electron chi connectivity index (χ0n) is 24.8. The van der Waals surface area contributed by atoms with E-state index in [-0.39, 0.29) is 6.03 Å². The van der Waals surface area contributed by atoms with Crippen LogP contribution in [0, 0.1) is 0 Å². The normalized spacial score (nSPS) is 18.0. The standard InChI is InChI=1S/C32H38N10O2/c43-32(36-26-5-3-24(4-6-26)30-38-34-23-44-30)42-21-19-41(20-22-42)29-11-14-33-31(37-29)35-25-7-9-27(10-8-25)40-17-12-28(13-18-40)39-15-1-2-16-39/h3-11,14,23,28H,1-2,12-13,15-22H2,(H,36,43)(H,33,35,37). The highest BCUT2D eigenvalue weighted by molar-refractivity contribution is 5.89. The van der Waals surface area contributed by atoms with E-state index in [4.69, 9.17) is 9.40 Å². The largest absolute Gasteiger partial charge is 0.423 e. The van der Waals surface area contributed by atoms with Crippen molar-refractivity contribution in [2.24, 2.45) is 0 Å². The van der Waals surface area contributed by atoms with Gasteiger partial charge in [0.25, 0.3) is 0 Å². The van der Waals surface area contributed by atoms with Gasteiger partial charge in [0.05, 0.1) is 0 Å². The lowest BCUT2D eigenvalue weighted by atomic mass is 10.0. The lowest BCUT2D eigenvalue weighted by Crippen LogP contribution is -2.50. The van der Waals surface area contributed by atoms with Gasteiger partial charge in [-0.15, -0.1) is 10.2 Å². The lowest BCUT2D eigenvalue weighted by Gasteiger charge is -2.37. The molecule has 2 aromatic heterocycles. The number of anilines is 5. The summed E-state index contributed by atoms with van der Waals surface area (Å²) in [5.74, 6) is 1.85. The van der Waals surface area contributed by atoms with Crippen molar-refractivity contribution in [3.63, 3.8) is 0 Å². The molecule has 228 valence electrons. The molecule has 0 spiro atoms. The number of piperazine rings is 1. The molecular formula is C32H38N10O2. The third kappa shape index (κ3) is 6.45. The highest BCUT2D eigenvalue weighted by Gasteiger charge is 2.26. The lowest BCUT2D eigenvalue weighted by molar-refractivity contribution is 0.208. The number of nitrogens with one attached hydrogen (secondary N) is 2. The molecule has 44 heavy (non-hydrogen) atoms. The van der Waals surface area contributed by atoms with Crippen molar-refractivity contribution in [3.8, 4) is 11.5 Å². The first-order valence-corrected chi connectivity index (χ1v) is 15.5. The van der Waals surface area contributed by atoms with Gasteiger partial charge in [-0.2, -0.15) is 4.98 Å². The molecule has 0 atom stereocenters. The van der Waals surface area contributed by atoms with Crippen molar-refractivity contribution in [1.82, 2.24) is 30.0 Å². The molecular weight excluding hydrogens is 556 g/mol. The van der Waals surface area contributed by atoms with Gasteiger partial charge in [0.15, 0.2) is 0 Å². The van der Waals surface area contributed by atoms with Crippen molar-refractivity contribution in [2.45, 2.75) is 31.7 Å². The topological polar surface area (TPSA) is 119 Å². The Kier molecular flexibility index (Phi) is 8.22. The fraction of sp³-hybridized carbons (Fsp3) is 0.406. The van der Waals surface area contributed by atoms with Crippen LogP contribution in [0.3, 0.4) is 0 Å². The number of hydrogen-bond acceptors (Lipinski definition) is 10. The third-order valence-corrected chi connectivity index (χ3v) is 8.89. The highest BCUT2D eigenvalue weighted by atomic mass is 16.4. The van der Waals surface area contributed by atoms with E-state index in [0.717, 1.165) is 36.2 Å². The van der Waals surface area contributed by atoms with E-state index < -0.39 is 0 Å². The predicted molar refractivity (Wildman–Crippen MR) is 170 cm³/mol. The molecule has 2 amide bonds. The van der Waals surface area contributed by atoms with E-state index in [1.165, 1.54) is 50.9 Å². The number of amides is 2. The van der Waals surface area contributed by atoms with Crippen LogP contribution in [-0.4, -0.2) is 94.4 Å². The third-order valence-electron chi connectivity index (χ3n) is 8.89. The van der Waals surface area contributed by atoms with E-state index in [1.54, 1.807) is 6.20 Å². The maximum absolute atomic E-state index is 12.9. The molecule has 3 fully saturated rings. The average Bonchev–Trinajstić information content (AvgIpc) is 3.82. The zero-order valence-corrected chi connectivity index (χ0v) is 24.8. The smallest absolute Gasteiger partial charge is 0.321 e. The second-order valence-electron chi connectivity index (χ2n) is 11.6. The Balaban J connectivity index is 0.888. The molecule has 4 aromatic rings. The molecule has 3 aliphatic heterocycles. The van der Waals surface area contributed by atoms with Crippen molar-refractivity contribution in [2.75, 3.05) is 72.8 Å². The van der Waals surface area contributed by atoms with Crippen LogP contribution in [0.2, 0.25) is 0 Å². The summed E-state index contributed by atoms with van der Waals surface area (Å²) in [4.78, 5) is 31.3. The number of benzene rings is 2. The van der Waals surface area contributed by atoms with Crippen LogP contribution in [-0.2, 0) is 0 Å². The number of carbonyl (C=O) groups excluding carboxylic acids is 1. The van der Waals surface area contributed by atoms with Crippen LogP contribution in [0.5, 0.6) is 0 Å². The Morgan fingerprint density at radius 3 is 2.23 bits per heavy atom. The van der Waals surface area contributed by atoms with Crippen LogP contribution >= 0.6 is 0 Å². The molecule has 0 bridgehead atoms. The minimum Gasteiger partial charge on any atom is -0.423 e. The SMILES string of the molecule is O=C(Nc1ccc(-c2nnco2)cc1)N1CCN(c2ccnc(Nc3ccc(N4CCC(N5CCCC5)CC4)cc3)n2)CC1. The number of piperidine rings is 1. The minimum atomic E-state index is -0.125. The first kappa shape index (κ1) is 28.1. The van der Waals surface area contributed by atoms with Crippen LogP contribution in [0.15, 0.2) is 71.6 Å². The van der Waals surface area contributed by atoms with Gasteiger partial charge < -0.3 is 34.7 Å². The van der Waals surface area contributed by atoms with E-state index >= 15 is 0 Å². The molecule has 3 saturated heterocycles. The first-order valence-electron chi connectivity index (χ1n) is 15.5. The van der Waals surface area contributed by atoms with Crippen LogP contribution in [0.25, 0.3) is 11.5 Å². The summed E-state index contributed by atoms with van der Waals surface area (Å²) in [5, 5.41) is 13.9. The van der Waals surface area contributed by atoms with Gasteiger partial charge in [-0.3, -0.25) is 0 Å². The number of nitrogens with zero attached hydrogens (tertiary/aromatic N) is 8. The maximum Gasteiger partial charge on any atom is 0.321 e. The number of likely N-dealkylation sites (tertiary alicyclic amines) is 1. The number of carbonyl (C=O) groups is 1. The summed E-state index contributed by atoms with van der Waals surface area (Å²) in [5.41, 5.74) is 3.74. The molecule has 2 aromatic carbocycles. The van der Waals surface area contributed by atoms with Gasteiger partial charge >= 0.3 is 6.03 Å².